The molecule has 3 heterocycles. The van der Waals surface area contributed by atoms with Gasteiger partial charge in [-0.2, -0.15) is 5.10 Å². The van der Waals surface area contributed by atoms with Crippen molar-refractivity contribution in [1.82, 2.24) is 14.5 Å². The Hall–Kier alpha value is -3.67. The highest BCUT2D eigenvalue weighted by Crippen LogP contribution is 2.47. The summed E-state index contributed by atoms with van der Waals surface area (Å²) in [6, 6.07) is 13.4. The lowest BCUT2D eigenvalue weighted by Crippen LogP contribution is -2.49. The van der Waals surface area contributed by atoms with Crippen LogP contribution in [-0.4, -0.2) is 64.5 Å². The number of amides is 2. The average molecular weight is 720 g/mol. The topological polar surface area (TPSA) is 115 Å². The molecule has 4 aliphatic rings. The Labute approximate surface area is 299 Å². The van der Waals surface area contributed by atoms with E-state index in [-0.39, 0.29) is 23.7 Å². The van der Waals surface area contributed by atoms with Gasteiger partial charge in [0.25, 0.3) is 5.91 Å². The van der Waals surface area contributed by atoms with Gasteiger partial charge in [-0.1, -0.05) is 29.8 Å². The van der Waals surface area contributed by atoms with E-state index in [1.807, 2.05) is 37.5 Å². The maximum Gasteiger partial charge on any atom is 0.286 e. The lowest BCUT2D eigenvalue weighted by molar-refractivity contribution is -0.119. The van der Waals surface area contributed by atoms with Crippen molar-refractivity contribution in [1.29, 1.82) is 0 Å². The van der Waals surface area contributed by atoms with Crippen LogP contribution in [0.1, 0.15) is 72.1 Å². The van der Waals surface area contributed by atoms with Gasteiger partial charge in [0.05, 0.1) is 29.8 Å². The molecule has 1 spiro atoms. The van der Waals surface area contributed by atoms with Gasteiger partial charge in [0.15, 0.2) is 0 Å². The number of nitrogens with zero attached hydrogens (tertiary/aromatic N) is 4. The Bertz CT molecular complexity index is 1920. The molecule has 1 N–H and O–H groups in total. The van der Waals surface area contributed by atoms with Crippen molar-refractivity contribution >= 4 is 39.0 Å². The second kappa shape index (κ2) is 14.5. The van der Waals surface area contributed by atoms with Crippen LogP contribution in [0, 0.1) is 11.8 Å². The maximum atomic E-state index is 14.2. The van der Waals surface area contributed by atoms with Crippen molar-refractivity contribution in [2.75, 3.05) is 37.5 Å². The summed E-state index contributed by atoms with van der Waals surface area (Å²) < 4.78 is 35.4. The van der Waals surface area contributed by atoms with Crippen molar-refractivity contribution in [3.05, 3.63) is 88.2 Å². The standard InChI is InChI=1S/C38H46ClN5O5S/c1-43-19-17-30(40-43)12-16-36(45)41-50(47)20-5-3-4-8-34(48-2)31-13-9-28(31)23-44-24-38(18-6-7-26-21-29(39)11-14-32(26)38)25-49-35-15-10-27(22-33(35)44)37(46)42-50/h4,8,10-11,14-15,17,19,21-22,28,31,34H,3,5-7,9,12-13,16,18,20,23-25H2,1-2H3,(H,41,42,45,46,47)/b8-4+/t28-,31+,34-,38-,50?/m0/s1. The largest absolute Gasteiger partial charge is 0.490 e. The molecule has 3 aromatic rings. The van der Waals surface area contributed by atoms with Crippen LogP contribution in [0.25, 0.3) is 0 Å². The molecular formula is C38H46ClN5O5S. The number of carbonyl (C=O) groups excluding carboxylic acids is 2. The van der Waals surface area contributed by atoms with E-state index in [2.05, 4.69) is 43.4 Å². The average Bonchev–Trinajstić information content (AvgIpc) is 3.44. The molecule has 1 fully saturated rings. The van der Waals surface area contributed by atoms with E-state index in [0.29, 0.717) is 49.0 Å². The van der Waals surface area contributed by atoms with E-state index < -0.39 is 21.7 Å². The van der Waals surface area contributed by atoms with Gasteiger partial charge < -0.3 is 14.4 Å². The number of anilines is 1. The Kier molecular flexibility index (Phi) is 10.1. The van der Waals surface area contributed by atoms with Gasteiger partial charge >= 0.3 is 0 Å². The summed E-state index contributed by atoms with van der Waals surface area (Å²) in [4.78, 5) is 29.3. The normalized spacial score (nSPS) is 28.7. The summed E-state index contributed by atoms with van der Waals surface area (Å²) in [5.74, 6) is 0.462. The number of hydrogen-bond donors (Lipinski definition) is 1. The fourth-order valence-electron chi connectivity index (χ4n) is 8.18. The highest BCUT2D eigenvalue weighted by Gasteiger charge is 2.44. The van der Waals surface area contributed by atoms with E-state index in [4.69, 9.17) is 21.1 Å². The van der Waals surface area contributed by atoms with E-state index >= 15 is 0 Å². The van der Waals surface area contributed by atoms with E-state index in [1.54, 1.807) is 17.9 Å². The fourth-order valence-corrected chi connectivity index (χ4v) is 10.0. The minimum Gasteiger partial charge on any atom is -0.490 e. The van der Waals surface area contributed by atoms with Crippen molar-refractivity contribution in [3.8, 4) is 5.75 Å². The Morgan fingerprint density at radius 2 is 2.06 bits per heavy atom. The van der Waals surface area contributed by atoms with Crippen LogP contribution in [0.4, 0.5) is 5.69 Å². The predicted molar refractivity (Wildman–Crippen MR) is 195 cm³/mol. The number of hydrogen-bond acceptors (Lipinski definition) is 7. The second-order valence-electron chi connectivity index (χ2n) is 14.3. The third-order valence-electron chi connectivity index (χ3n) is 10.9. The SMILES string of the molecule is CO[C@H]1/C=C/CCCS(=O)(NC(=O)CCc2ccn(C)n2)=NC(=O)c2ccc3c(c2)N(C[C@@H]2CC[C@H]21)C[C@@]1(CCCc2cc(Cl)ccc21)CO3. The van der Waals surface area contributed by atoms with Gasteiger partial charge in [-0.25, -0.2) is 4.21 Å². The molecule has 2 aromatic carbocycles. The molecule has 2 amide bonds. The first kappa shape index (κ1) is 34.8. The van der Waals surface area contributed by atoms with Gasteiger partial charge in [0.2, 0.25) is 5.91 Å². The minimum atomic E-state index is -3.41. The molecule has 50 heavy (non-hydrogen) atoms. The lowest BCUT2D eigenvalue weighted by Gasteiger charge is -2.46. The lowest BCUT2D eigenvalue weighted by atomic mass is 9.68. The van der Waals surface area contributed by atoms with Gasteiger partial charge in [0, 0.05) is 62.3 Å². The molecule has 1 aromatic heterocycles. The smallest absolute Gasteiger partial charge is 0.286 e. The maximum absolute atomic E-state index is 14.2. The quantitative estimate of drug-likeness (QED) is 0.312. The molecule has 7 rings (SSSR count). The number of nitrogens with one attached hydrogen (secondary N) is 1. The summed E-state index contributed by atoms with van der Waals surface area (Å²) in [7, 11) is 0.166. The zero-order chi connectivity index (χ0) is 34.9. The molecule has 2 bridgehead atoms. The summed E-state index contributed by atoms with van der Waals surface area (Å²) in [6.07, 6.45) is 12.7. The number of aryl methyl sites for hydroxylation is 3. The van der Waals surface area contributed by atoms with Crippen molar-refractivity contribution in [2.24, 2.45) is 23.2 Å². The van der Waals surface area contributed by atoms with Crippen LogP contribution in [0.3, 0.4) is 0 Å². The molecule has 2 aliphatic heterocycles. The minimum absolute atomic E-state index is 0.0379. The molecule has 0 radical (unpaired) electrons. The molecule has 12 heteroatoms. The molecule has 5 atom stereocenters. The van der Waals surface area contributed by atoms with Gasteiger partial charge in [-0.15, -0.1) is 4.36 Å². The first-order chi connectivity index (χ1) is 24.1. The van der Waals surface area contributed by atoms with Crippen LogP contribution in [-0.2, 0) is 44.8 Å². The molecule has 266 valence electrons. The number of ether oxygens (including phenoxy) is 2. The number of aromatic nitrogens is 2. The predicted octanol–water partition coefficient (Wildman–Crippen LogP) is 6.21. The molecule has 0 saturated heterocycles. The second-order valence-corrected chi connectivity index (χ2v) is 16.8. The summed E-state index contributed by atoms with van der Waals surface area (Å²) in [6.45, 7) is 2.03. The molecule has 1 unspecified atom stereocenters. The Morgan fingerprint density at radius 1 is 1.18 bits per heavy atom. The molecule has 10 nitrogen and oxygen atoms in total. The summed E-state index contributed by atoms with van der Waals surface area (Å²) in [5, 5.41) is 5.07. The number of carbonyl (C=O) groups is 2. The number of allylic oxidation sites excluding steroid dienone is 1. The number of halogens is 1. The third kappa shape index (κ3) is 7.36. The summed E-state index contributed by atoms with van der Waals surface area (Å²) in [5.41, 5.74) is 4.20. The van der Waals surface area contributed by atoms with E-state index in [0.717, 1.165) is 61.6 Å². The highest BCUT2D eigenvalue weighted by atomic mass is 35.5. The van der Waals surface area contributed by atoms with Crippen LogP contribution in [0.2, 0.25) is 5.02 Å². The molecular weight excluding hydrogens is 674 g/mol. The fraction of sp³-hybridized carbons (Fsp3) is 0.500. The third-order valence-corrected chi connectivity index (χ3v) is 13.0. The zero-order valence-electron chi connectivity index (χ0n) is 28.8. The van der Waals surface area contributed by atoms with Crippen LogP contribution >= 0.6 is 11.6 Å². The van der Waals surface area contributed by atoms with Crippen molar-refractivity contribution in [2.45, 2.75) is 69.3 Å². The van der Waals surface area contributed by atoms with E-state index in [9.17, 15) is 13.8 Å². The Morgan fingerprint density at radius 3 is 2.84 bits per heavy atom. The molecule has 1 saturated carbocycles. The number of rotatable bonds is 5. The van der Waals surface area contributed by atoms with Gasteiger partial charge in [0.1, 0.15) is 15.7 Å². The number of benzene rings is 2. The summed E-state index contributed by atoms with van der Waals surface area (Å²) >= 11 is 6.45. The van der Waals surface area contributed by atoms with Crippen LogP contribution < -0.4 is 14.4 Å². The number of methoxy groups -OCH3 is 1. The van der Waals surface area contributed by atoms with Crippen molar-refractivity contribution in [3.63, 3.8) is 0 Å². The highest BCUT2D eigenvalue weighted by molar-refractivity contribution is 7.92. The monoisotopic (exact) mass is 719 g/mol. The first-order valence-corrected chi connectivity index (χ1v) is 19.8. The van der Waals surface area contributed by atoms with Crippen LogP contribution in [0.15, 0.2) is 65.2 Å². The van der Waals surface area contributed by atoms with Crippen molar-refractivity contribution < 1.29 is 23.3 Å². The van der Waals surface area contributed by atoms with E-state index in [1.165, 1.54) is 11.1 Å². The first-order valence-electron chi connectivity index (χ1n) is 17.7. The van der Waals surface area contributed by atoms with Gasteiger partial charge in [-0.05, 0) is 104 Å². The van der Waals surface area contributed by atoms with Crippen LogP contribution in [0.5, 0.6) is 5.75 Å². The molecule has 2 aliphatic carbocycles. The number of fused-ring (bicyclic) bond motifs is 4. The van der Waals surface area contributed by atoms with Gasteiger partial charge in [-0.3, -0.25) is 19.0 Å². The Balaban J connectivity index is 1.24. The zero-order valence-corrected chi connectivity index (χ0v) is 30.4.